The van der Waals surface area contributed by atoms with Crippen molar-refractivity contribution in [2.24, 2.45) is 0 Å². The Balaban J connectivity index is 1.71. The Morgan fingerprint density at radius 1 is 1.12 bits per heavy atom. The third-order valence-corrected chi connectivity index (χ3v) is 8.55. The summed E-state index contributed by atoms with van der Waals surface area (Å²) in [6.45, 7) is 8.71. The number of halogens is 1. The van der Waals surface area contributed by atoms with Gasteiger partial charge < -0.3 is 20.3 Å². The van der Waals surface area contributed by atoms with Gasteiger partial charge in [0.05, 0.1) is 29.6 Å². The minimum Gasteiger partial charge on any atom is -0.497 e. The van der Waals surface area contributed by atoms with E-state index >= 15 is 0 Å². The summed E-state index contributed by atoms with van der Waals surface area (Å²) in [5, 5.41) is 9.14. The Kier molecular flexibility index (Phi) is 8.92. The third-order valence-electron chi connectivity index (χ3n) is 7.29. The SMILES string of the molecule is CCc1ccc(OC)cc1-n1c(C=C(C)C)c(C(=O)N2CCNCC2)cc(C2NC(c3ccc(Cl)cc3)=CS2)c1=O. The number of nitrogens with zero attached hydrogens (tertiary/aromatic N) is 2. The van der Waals surface area contributed by atoms with E-state index in [4.69, 9.17) is 16.3 Å². The molecule has 0 bridgehead atoms. The molecule has 5 rings (SSSR count). The Bertz CT molecular complexity index is 1570. The van der Waals surface area contributed by atoms with Gasteiger partial charge in [-0.1, -0.05) is 42.3 Å². The summed E-state index contributed by atoms with van der Waals surface area (Å²) in [5.41, 5.74) is 6.01. The van der Waals surface area contributed by atoms with E-state index in [9.17, 15) is 9.59 Å². The molecule has 41 heavy (non-hydrogen) atoms. The number of methoxy groups -OCH3 is 1. The van der Waals surface area contributed by atoms with Crippen molar-refractivity contribution in [3.05, 3.63) is 103 Å². The van der Waals surface area contributed by atoms with Gasteiger partial charge in [-0.25, -0.2) is 0 Å². The Hall–Kier alpha value is -3.46. The molecule has 1 aromatic heterocycles. The number of carbonyl (C=O) groups excluding carboxylic acids is 1. The maximum Gasteiger partial charge on any atom is 0.261 e. The van der Waals surface area contributed by atoms with Crippen LogP contribution in [0.25, 0.3) is 17.5 Å². The van der Waals surface area contributed by atoms with Crippen LogP contribution >= 0.6 is 23.4 Å². The topological polar surface area (TPSA) is 75.6 Å². The Morgan fingerprint density at radius 2 is 1.85 bits per heavy atom. The van der Waals surface area contributed by atoms with E-state index in [0.717, 1.165) is 41.2 Å². The second kappa shape index (κ2) is 12.6. The van der Waals surface area contributed by atoms with Gasteiger partial charge in [0.25, 0.3) is 11.5 Å². The molecule has 3 aromatic rings. The fourth-order valence-corrected chi connectivity index (χ4v) is 6.27. The van der Waals surface area contributed by atoms with Crippen LogP contribution in [0.5, 0.6) is 5.75 Å². The van der Waals surface area contributed by atoms with Crippen molar-refractivity contribution in [1.29, 1.82) is 0 Å². The minimum atomic E-state index is -0.370. The fourth-order valence-electron chi connectivity index (χ4n) is 5.16. The highest BCUT2D eigenvalue weighted by atomic mass is 35.5. The van der Waals surface area contributed by atoms with E-state index in [1.807, 2.05) is 72.7 Å². The van der Waals surface area contributed by atoms with Crippen LogP contribution in [0, 0.1) is 0 Å². The summed E-state index contributed by atoms with van der Waals surface area (Å²) in [6, 6.07) is 15.2. The molecular formula is C32H35ClN4O3S. The number of thioether (sulfide) groups is 1. The maximum absolute atomic E-state index is 14.5. The smallest absolute Gasteiger partial charge is 0.261 e. The van der Waals surface area contributed by atoms with Gasteiger partial charge in [-0.2, -0.15) is 0 Å². The van der Waals surface area contributed by atoms with Crippen LogP contribution in [0.3, 0.4) is 0 Å². The zero-order valence-electron chi connectivity index (χ0n) is 23.8. The number of hydrogen-bond donors (Lipinski definition) is 2. The van der Waals surface area contributed by atoms with E-state index in [2.05, 4.69) is 17.6 Å². The van der Waals surface area contributed by atoms with Crippen molar-refractivity contribution in [2.75, 3.05) is 33.3 Å². The lowest BCUT2D eigenvalue weighted by molar-refractivity contribution is 0.0734. The van der Waals surface area contributed by atoms with Crippen LogP contribution < -0.4 is 20.9 Å². The van der Waals surface area contributed by atoms with E-state index in [1.54, 1.807) is 17.7 Å². The van der Waals surface area contributed by atoms with Crippen molar-refractivity contribution in [1.82, 2.24) is 20.1 Å². The Morgan fingerprint density at radius 3 is 2.51 bits per heavy atom. The number of hydrogen-bond acceptors (Lipinski definition) is 6. The quantitative estimate of drug-likeness (QED) is 0.359. The van der Waals surface area contributed by atoms with Gasteiger partial charge >= 0.3 is 0 Å². The normalized spacial score (nSPS) is 16.7. The molecule has 2 aliphatic rings. The zero-order valence-corrected chi connectivity index (χ0v) is 25.4. The van der Waals surface area contributed by atoms with Crippen molar-refractivity contribution in [3.63, 3.8) is 0 Å². The van der Waals surface area contributed by atoms with Crippen LogP contribution in [0.15, 0.2) is 64.3 Å². The molecule has 1 unspecified atom stereocenters. The standard InChI is InChI=1S/C32H35ClN4O3S/c1-5-21-8-11-24(40-4)17-28(21)37-29(16-20(2)3)25(31(38)36-14-12-34-13-15-36)18-26(32(37)39)30-35-27(19-41-30)22-6-9-23(33)10-7-22/h6-11,16-19,30,34-35H,5,12-15H2,1-4H3. The van der Waals surface area contributed by atoms with Gasteiger partial charge in [0, 0.05) is 43.0 Å². The van der Waals surface area contributed by atoms with Crippen LogP contribution in [-0.2, 0) is 6.42 Å². The number of piperazine rings is 1. The molecule has 9 heteroatoms. The summed E-state index contributed by atoms with van der Waals surface area (Å²) in [7, 11) is 1.61. The van der Waals surface area contributed by atoms with Crippen molar-refractivity contribution >= 4 is 41.0 Å². The molecule has 0 radical (unpaired) electrons. The first-order valence-electron chi connectivity index (χ1n) is 13.8. The molecule has 2 aromatic carbocycles. The van der Waals surface area contributed by atoms with Gasteiger partial charge in [-0.15, -0.1) is 11.8 Å². The molecule has 0 saturated carbocycles. The number of benzene rings is 2. The minimum absolute atomic E-state index is 0.0798. The number of aromatic nitrogens is 1. The molecule has 1 amide bonds. The monoisotopic (exact) mass is 590 g/mol. The third kappa shape index (κ3) is 6.10. The predicted octanol–water partition coefficient (Wildman–Crippen LogP) is 5.86. The van der Waals surface area contributed by atoms with Crippen LogP contribution in [0.1, 0.15) is 58.9 Å². The number of aryl methyl sites for hydroxylation is 1. The van der Waals surface area contributed by atoms with E-state index in [0.29, 0.717) is 47.1 Å². The molecule has 214 valence electrons. The second-order valence-electron chi connectivity index (χ2n) is 10.4. The van der Waals surface area contributed by atoms with E-state index < -0.39 is 0 Å². The molecule has 0 aliphatic carbocycles. The number of carbonyl (C=O) groups is 1. The number of pyridine rings is 1. The van der Waals surface area contributed by atoms with Gasteiger partial charge in [0.1, 0.15) is 11.1 Å². The Labute approximate surface area is 250 Å². The number of ether oxygens (including phenoxy) is 1. The number of allylic oxidation sites excluding steroid dienone is 1. The fraction of sp³-hybridized carbons (Fsp3) is 0.312. The zero-order chi connectivity index (χ0) is 29.1. The van der Waals surface area contributed by atoms with Crippen LogP contribution in [0.2, 0.25) is 5.02 Å². The van der Waals surface area contributed by atoms with Crippen molar-refractivity contribution < 1.29 is 9.53 Å². The summed E-state index contributed by atoms with van der Waals surface area (Å²) >= 11 is 7.62. The number of nitrogens with one attached hydrogen (secondary N) is 2. The van der Waals surface area contributed by atoms with Crippen LogP contribution in [0.4, 0.5) is 0 Å². The molecular weight excluding hydrogens is 556 g/mol. The molecule has 2 N–H and O–H groups in total. The highest BCUT2D eigenvalue weighted by Gasteiger charge is 2.30. The highest BCUT2D eigenvalue weighted by molar-refractivity contribution is 8.02. The van der Waals surface area contributed by atoms with Crippen LogP contribution in [-0.4, -0.2) is 48.7 Å². The van der Waals surface area contributed by atoms with Crippen molar-refractivity contribution in [2.45, 2.75) is 32.6 Å². The van der Waals surface area contributed by atoms with Gasteiger partial charge in [0.15, 0.2) is 0 Å². The summed E-state index contributed by atoms with van der Waals surface area (Å²) in [6.07, 6.45) is 2.65. The molecule has 2 aliphatic heterocycles. The second-order valence-corrected chi connectivity index (χ2v) is 11.8. The molecule has 1 fully saturated rings. The van der Waals surface area contributed by atoms with E-state index in [1.165, 1.54) is 11.8 Å². The highest BCUT2D eigenvalue weighted by Crippen LogP contribution is 2.38. The van der Waals surface area contributed by atoms with Crippen molar-refractivity contribution in [3.8, 4) is 11.4 Å². The first kappa shape index (κ1) is 29.0. The molecule has 1 saturated heterocycles. The van der Waals surface area contributed by atoms with Gasteiger partial charge in [-0.05, 0) is 67.1 Å². The van der Waals surface area contributed by atoms with Gasteiger partial charge in [0.2, 0.25) is 0 Å². The number of amides is 1. The maximum atomic E-state index is 14.5. The molecule has 0 spiro atoms. The average Bonchev–Trinajstić information content (AvgIpc) is 3.47. The summed E-state index contributed by atoms with van der Waals surface area (Å²) in [5.74, 6) is 0.566. The molecule has 7 nitrogen and oxygen atoms in total. The largest absolute Gasteiger partial charge is 0.497 e. The average molecular weight is 591 g/mol. The van der Waals surface area contributed by atoms with Gasteiger partial charge in [-0.3, -0.25) is 14.2 Å². The molecule has 1 atom stereocenters. The summed E-state index contributed by atoms with van der Waals surface area (Å²) < 4.78 is 7.27. The lowest BCUT2D eigenvalue weighted by Crippen LogP contribution is -2.47. The van der Waals surface area contributed by atoms with E-state index in [-0.39, 0.29) is 16.8 Å². The first-order chi connectivity index (χ1) is 19.8. The lowest BCUT2D eigenvalue weighted by atomic mass is 10.0. The predicted molar refractivity (Wildman–Crippen MR) is 169 cm³/mol. The summed E-state index contributed by atoms with van der Waals surface area (Å²) in [4.78, 5) is 30.5. The lowest BCUT2D eigenvalue weighted by Gasteiger charge is -2.29. The molecule has 3 heterocycles. The first-order valence-corrected chi connectivity index (χ1v) is 15.1. The number of rotatable bonds is 7.